The highest BCUT2D eigenvalue weighted by atomic mass is 16.3. The van der Waals surface area contributed by atoms with Gasteiger partial charge in [0.2, 0.25) is 0 Å². The lowest BCUT2D eigenvalue weighted by molar-refractivity contribution is 0.0166. The predicted molar refractivity (Wildman–Crippen MR) is 76.9 cm³/mol. The minimum Gasteiger partial charge on any atom is -0.388 e. The summed E-state index contributed by atoms with van der Waals surface area (Å²) >= 11 is 0. The standard InChI is InChI=1S/C15H21N3O2/c1-11(2)15(3,20)10-18-14(19)17-9-13-6-4-5-12(7-13)8-16/h4-7,11,20H,9-10H2,1-3H3,(H2,17,18,19). The molecule has 0 radical (unpaired) electrons. The summed E-state index contributed by atoms with van der Waals surface area (Å²) < 4.78 is 0. The van der Waals surface area contributed by atoms with Crippen LogP contribution in [0.5, 0.6) is 0 Å². The third kappa shape index (κ3) is 4.90. The second-order valence-electron chi connectivity index (χ2n) is 5.36. The van der Waals surface area contributed by atoms with Gasteiger partial charge in [-0.05, 0) is 30.5 Å². The Bertz CT molecular complexity index is 504. The van der Waals surface area contributed by atoms with E-state index in [2.05, 4.69) is 16.7 Å². The Kier molecular flexibility index (Phi) is 5.53. The first-order valence-electron chi connectivity index (χ1n) is 6.58. The molecule has 3 N–H and O–H groups in total. The number of hydrogen-bond acceptors (Lipinski definition) is 3. The fourth-order valence-corrected chi connectivity index (χ4v) is 1.46. The van der Waals surface area contributed by atoms with Crippen molar-refractivity contribution < 1.29 is 9.90 Å². The number of nitriles is 1. The Balaban J connectivity index is 2.42. The van der Waals surface area contributed by atoms with E-state index in [4.69, 9.17) is 5.26 Å². The van der Waals surface area contributed by atoms with Gasteiger partial charge in [-0.2, -0.15) is 5.26 Å². The summed E-state index contributed by atoms with van der Waals surface area (Å²) in [5.74, 6) is 0.0510. The van der Waals surface area contributed by atoms with Gasteiger partial charge < -0.3 is 15.7 Å². The van der Waals surface area contributed by atoms with E-state index in [9.17, 15) is 9.90 Å². The van der Waals surface area contributed by atoms with Gasteiger partial charge in [0.15, 0.2) is 0 Å². The number of amides is 2. The van der Waals surface area contributed by atoms with E-state index in [0.29, 0.717) is 12.1 Å². The molecule has 5 heteroatoms. The summed E-state index contributed by atoms with van der Waals surface area (Å²) in [5.41, 5.74) is 0.486. The van der Waals surface area contributed by atoms with Crippen molar-refractivity contribution in [2.75, 3.05) is 6.54 Å². The number of rotatable bonds is 5. The maximum atomic E-state index is 11.6. The Morgan fingerprint density at radius 2 is 2.15 bits per heavy atom. The molecule has 0 bridgehead atoms. The van der Waals surface area contributed by atoms with E-state index in [1.54, 1.807) is 25.1 Å². The highest BCUT2D eigenvalue weighted by Gasteiger charge is 2.25. The minimum atomic E-state index is -0.932. The molecule has 0 saturated carbocycles. The minimum absolute atomic E-state index is 0.0510. The number of urea groups is 1. The molecule has 0 spiro atoms. The third-order valence-electron chi connectivity index (χ3n) is 3.36. The first kappa shape index (κ1) is 16.0. The monoisotopic (exact) mass is 275 g/mol. The van der Waals surface area contributed by atoms with Crippen molar-refractivity contribution in [3.63, 3.8) is 0 Å². The van der Waals surface area contributed by atoms with Gasteiger partial charge in [-0.15, -0.1) is 0 Å². The number of carbonyl (C=O) groups is 1. The van der Waals surface area contributed by atoms with Crippen molar-refractivity contribution in [2.24, 2.45) is 5.92 Å². The number of carbonyl (C=O) groups excluding carboxylic acids is 1. The van der Waals surface area contributed by atoms with Crippen LogP contribution >= 0.6 is 0 Å². The van der Waals surface area contributed by atoms with E-state index in [1.165, 1.54) is 0 Å². The first-order chi connectivity index (χ1) is 9.35. The average molecular weight is 275 g/mol. The maximum Gasteiger partial charge on any atom is 0.315 e. The largest absolute Gasteiger partial charge is 0.388 e. The van der Waals surface area contributed by atoms with Crippen molar-refractivity contribution >= 4 is 6.03 Å². The Hall–Kier alpha value is -2.06. The molecule has 1 aromatic carbocycles. The molecule has 0 heterocycles. The summed E-state index contributed by atoms with van der Waals surface area (Å²) in [6.07, 6.45) is 0. The van der Waals surface area contributed by atoms with Crippen LogP contribution in [0.1, 0.15) is 31.9 Å². The highest BCUT2D eigenvalue weighted by molar-refractivity contribution is 5.73. The van der Waals surface area contributed by atoms with Crippen LogP contribution in [0.25, 0.3) is 0 Å². The topological polar surface area (TPSA) is 85.2 Å². The zero-order chi connectivity index (χ0) is 15.2. The van der Waals surface area contributed by atoms with Crippen LogP contribution < -0.4 is 10.6 Å². The van der Waals surface area contributed by atoms with E-state index in [-0.39, 0.29) is 18.5 Å². The third-order valence-corrected chi connectivity index (χ3v) is 3.36. The van der Waals surface area contributed by atoms with Crippen molar-refractivity contribution in [1.82, 2.24) is 10.6 Å². The zero-order valence-electron chi connectivity index (χ0n) is 12.1. The van der Waals surface area contributed by atoms with Crippen LogP contribution in [-0.2, 0) is 6.54 Å². The van der Waals surface area contributed by atoms with Crippen molar-refractivity contribution in [2.45, 2.75) is 32.9 Å². The number of hydrogen-bond donors (Lipinski definition) is 3. The first-order valence-corrected chi connectivity index (χ1v) is 6.58. The predicted octanol–water partition coefficient (Wildman–Crippen LogP) is 1.76. The molecule has 0 aliphatic carbocycles. The van der Waals surface area contributed by atoms with Gasteiger partial charge >= 0.3 is 6.03 Å². The molecular formula is C15H21N3O2. The van der Waals surface area contributed by atoms with Gasteiger partial charge in [0.1, 0.15) is 0 Å². The normalized spacial score (nSPS) is 13.4. The number of nitrogens with zero attached hydrogens (tertiary/aromatic N) is 1. The van der Waals surface area contributed by atoms with Gasteiger partial charge in [-0.1, -0.05) is 26.0 Å². The molecule has 0 aromatic heterocycles. The van der Waals surface area contributed by atoms with Crippen molar-refractivity contribution in [3.05, 3.63) is 35.4 Å². The van der Waals surface area contributed by atoms with Crippen LogP contribution in [0.15, 0.2) is 24.3 Å². The Labute approximate surface area is 119 Å². The molecule has 1 atom stereocenters. The summed E-state index contributed by atoms with van der Waals surface area (Å²) in [5, 5.41) is 24.1. The maximum absolute atomic E-state index is 11.6. The molecule has 0 aliphatic heterocycles. The molecule has 1 unspecified atom stereocenters. The molecule has 0 fully saturated rings. The molecule has 108 valence electrons. The van der Waals surface area contributed by atoms with E-state index in [0.717, 1.165) is 5.56 Å². The number of benzene rings is 1. The van der Waals surface area contributed by atoms with Gasteiger partial charge in [0.25, 0.3) is 0 Å². The second-order valence-corrected chi connectivity index (χ2v) is 5.36. The van der Waals surface area contributed by atoms with Gasteiger partial charge in [0, 0.05) is 13.1 Å². The van der Waals surface area contributed by atoms with E-state index >= 15 is 0 Å². The lowest BCUT2D eigenvalue weighted by Crippen LogP contribution is -2.47. The van der Waals surface area contributed by atoms with Gasteiger partial charge in [0.05, 0.1) is 17.2 Å². The smallest absolute Gasteiger partial charge is 0.315 e. The van der Waals surface area contributed by atoms with E-state index in [1.807, 2.05) is 19.9 Å². The van der Waals surface area contributed by atoms with Gasteiger partial charge in [-0.25, -0.2) is 4.79 Å². The fraction of sp³-hybridized carbons (Fsp3) is 0.467. The van der Waals surface area contributed by atoms with Crippen molar-refractivity contribution in [1.29, 1.82) is 5.26 Å². The van der Waals surface area contributed by atoms with Crippen LogP contribution in [0, 0.1) is 17.2 Å². The molecule has 20 heavy (non-hydrogen) atoms. The lowest BCUT2D eigenvalue weighted by Gasteiger charge is -2.27. The fourth-order valence-electron chi connectivity index (χ4n) is 1.46. The second kappa shape index (κ2) is 6.92. The molecule has 2 amide bonds. The summed E-state index contributed by atoms with van der Waals surface area (Å²) in [6.45, 7) is 6.01. The summed E-state index contributed by atoms with van der Waals surface area (Å²) in [4.78, 5) is 11.6. The van der Waals surface area contributed by atoms with Gasteiger partial charge in [-0.3, -0.25) is 0 Å². The van der Waals surface area contributed by atoms with Crippen LogP contribution in [0.2, 0.25) is 0 Å². The molecule has 0 saturated heterocycles. The average Bonchev–Trinajstić information content (AvgIpc) is 2.43. The zero-order valence-corrected chi connectivity index (χ0v) is 12.1. The van der Waals surface area contributed by atoms with Crippen LogP contribution in [0.3, 0.4) is 0 Å². The molecule has 5 nitrogen and oxygen atoms in total. The van der Waals surface area contributed by atoms with E-state index < -0.39 is 5.60 Å². The Morgan fingerprint density at radius 3 is 2.75 bits per heavy atom. The van der Waals surface area contributed by atoms with Crippen LogP contribution in [0.4, 0.5) is 4.79 Å². The summed E-state index contributed by atoms with van der Waals surface area (Å²) in [7, 11) is 0. The lowest BCUT2D eigenvalue weighted by atomic mass is 9.93. The number of aliphatic hydroxyl groups is 1. The highest BCUT2D eigenvalue weighted by Crippen LogP contribution is 2.14. The SMILES string of the molecule is CC(C)C(C)(O)CNC(=O)NCc1cccc(C#N)c1. The molecule has 1 aromatic rings. The molecular weight excluding hydrogens is 254 g/mol. The Morgan fingerprint density at radius 1 is 1.45 bits per heavy atom. The van der Waals surface area contributed by atoms with Crippen molar-refractivity contribution in [3.8, 4) is 6.07 Å². The number of nitrogens with one attached hydrogen (secondary N) is 2. The molecule has 0 aliphatic rings. The molecule has 1 rings (SSSR count). The quantitative estimate of drug-likeness (QED) is 0.765. The van der Waals surface area contributed by atoms with Crippen LogP contribution in [-0.4, -0.2) is 23.3 Å². The summed E-state index contributed by atoms with van der Waals surface area (Å²) in [6, 6.07) is 8.76.